The highest BCUT2D eigenvalue weighted by atomic mass is 16.5. The number of nitrogens with two attached hydrogens (primary N) is 1. The Bertz CT molecular complexity index is 490. The van der Waals surface area contributed by atoms with Crippen molar-refractivity contribution in [2.75, 3.05) is 12.0 Å². The summed E-state index contributed by atoms with van der Waals surface area (Å²) in [7, 11) is 0. The molecular weight excluding hydrogens is 242 g/mol. The maximum absolute atomic E-state index is 12.4. The Labute approximate surface area is 113 Å². The molecule has 19 heavy (non-hydrogen) atoms. The first-order valence-corrected chi connectivity index (χ1v) is 6.47. The van der Waals surface area contributed by atoms with Crippen molar-refractivity contribution in [3.05, 3.63) is 29.3 Å². The van der Waals surface area contributed by atoms with E-state index in [0.717, 1.165) is 12.0 Å². The fourth-order valence-corrected chi connectivity index (χ4v) is 2.30. The number of anilines is 1. The molecule has 1 aliphatic heterocycles. The van der Waals surface area contributed by atoms with Crippen molar-refractivity contribution in [2.24, 2.45) is 5.84 Å². The van der Waals surface area contributed by atoms with E-state index in [0.29, 0.717) is 17.9 Å². The molecule has 2 unspecified atom stereocenters. The van der Waals surface area contributed by atoms with Crippen LogP contribution in [0.3, 0.4) is 0 Å². The Kier molecular flexibility index (Phi) is 3.78. The first-order valence-electron chi connectivity index (χ1n) is 6.47. The minimum atomic E-state index is -0.326. The summed E-state index contributed by atoms with van der Waals surface area (Å²) in [5.74, 6) is 5.34. The van der Waals surface area contributed by atoms with Gasteiger partial charge in [-0.25, -0.2) is 0 Å². The predicted octanol–water partition coefficient (Wildman–Crippen LogP) is 1.58. The van der Waals surface area contributed by atoms with E-state index in [4.69, 9.17) is 10.6 Å². The first kappa shape index (κ1) is 13.8. The molecule has 2 atom stereocenters. The zero-order valence-corrected chi connectivity index (χ0v) is 11.6. The summed E-state index contributed by atoms with van der Waals surface area (Å²) in [6, 6.07) is 5.53. The second kappa shape index (κ2) is 5.19. The van der Waals surface area contributed by atoms with E-state index in [1.165, 1.54) is 0 Å². The Morgan fingerprint density at radius 2 is 2.26 bits per heavy atom. The Morgan fingerprint density at radius 1 is 1.53 bits per heavy atom. The molecule has 1 aromatic carbocycles. The Balaban J connectivity index is 2.21. The maximum Gasteiger partial charge on any atom is 0.253 e. The van der Waals surface area contributed by atoms with E-state index in [1.54, 1.807) is 6.07 Å². The topological polar surface area (TPSA) is 76.4 Å². The fourth-order valence-electron chi connectivity index (χ4n) is 2.30. The lowest BCUT2D eigenvalue weighted by atomic mass is 9.94. The maximum atomic E-state index is 12.4. The molecule has 5 nitrogen and oxygen atoms in total. The second-order valence-electron chi connectivity index (χ2n) is 5.33. The Morgan fingerprint density at radius 3 is 2.84 bits per heavy atom. The van der Waals surface area contributed by atoms with E-state index in [1.807, 2.05) is 32.9 Å². The van der Waals surface area contributed by atoms with Crippen LogP contribution in [0, 0.1) is 6.92 Å². The molecule has 0 spiro atoms. The van der Waals surface area contributed by atoms with Crippen LogP contribution in [0.25, 0.3) is 0 Å². The van der Waals surface area contributed by atoms with Crippen LogP contribution in [0.5, 0.6) is 0 Å². The van der Waals surface area contributed by atoms with Gasteiger partial charge in [-0.15, -0.1) is 0 Å². The molecule has 1 saturated heterocycles. The monoisotopic (exact) mass is 263 g/mol. The highest BCUT2D eigenvalue weighted by Gasteiger charge is 2.38. The molecule has 1 aromatic rings. The summed E-state index contributed by atoms with van der Waals surface area (Å²) in [4.78, 5) is 12.4. The van der Waals surface area contributed by atoms with Crippen LogP contribution in [-0.4, -0.2) is 24.2 Å². The van der Waals surface area contributed by atoms with Crippen molar-refractivity contribution >= 4 is 11.6 Å². The van der Waals surface area contributed by atoms with Crippen LogP contribution >= 0.6 is 0 Å². The highest BCUT2D eigenvalue weighted by Crippen LogP contribution is 2.26. The van der Waals surface area contributed by atoms with Gasteiger partial charge in [0.05, 0.1) is 22.9 Å². The van der Waals surface area contributed by atoms with Crippen LogP contribution in [0.2, 0.25) is 0 Å². The molecular formula is C14H21N3O2. The van der Waals surface area contributed by atoms with Gasteiger partial charge in [0.1, 0.15) is 0 Å². The number of benzene rings is 1. The van der Waals surface area contributed by atoms with Gasteiger partial charge in [-0.3, -0.25) is 10.6 Å². The van der Waals surface area contributed by atoms with Gasteiger partial charge < -0.3 is 15.5 Å². The number of hydrogen-bond acceptors (Lipinski definition) is 4. The predicted molar refractivity (Wildman–Crippen MR) is 74.9 cm³/mol. The molecule has 4 N–H and O–H groups in total. The molecule has 0 aromatic heterocycles. The molecule has 0 aliphatic carbocycles. The number of hydrogen-bond donors (Lipinski definition) is 3. The van der Waals surface area contributed by atoms with Crippen molar-refractivity contribution < 1.29 is 9.53 Å². The van der Waals surface area contributed by atoms with Crippen molar-refractivity contribution in [3.8, 4) is 0 Å². The summed E-state index contributed by atoms with van der Waals surface area (Å²) >= 11 is 0. The summed E-state index contributed by atoms with van der Waals surface area (Å²) in [6.07, 6.45) is 0.827. The number of carbonyl (C=O) groups excluding carboxylic acids is 1. The van der Waals surface area contributed by atoms with Gasteiger partial charge in [0.25, 0.3) is 5.91 Å². The number of ether oxygens (including phenoxy) is 1. The number of nitrogens with one attached hydrogen (secondary N) is 2. The quantitative estimate of drug-likeness (QED) is 0.571. The third-order valence-electron chi connectivity index (χ3n) is 3.86. The SMILES string of the molecule is Cc1ccc(C(=O)NC2(C)CCOC2C)c(NN)c1. The molecule has 1 fully saturated rings. The van der Waals surface area contributed by atoms with Gasteiger partial charge in [0.15, 0.2) is 0 Å². The van der Waals surface area contributed by atoms with Gasteiger partial charge in [-0.2, -0.15) is 0 Å². The number of carbonyl (C=O) groups is 1. The third-order valence-corrected chi connectivity index (χ3v) is 3.86. The third kappa shape index (κ3) is 2.72. The second-order valence-corrected chi connectivity index (χ2v) is 5.33. The number of nitrogen functional groups attached to an aromatic ring is 1. The van der Waals surface area contributed by atoms with Crippen molar-refractivity contribution in [3.63, 3.8) is 0 Å². The van der Waals surface area contributed by atoms with Gasteiger partial charge in [-0.05, 0) is 44.9 Å². The van der Waals surface area contributed by atoms with E-state index < -0.39 is 0 Å². The summed E-state index contributed by atoms with van der Waals surface area (Å²) < 4.78 is 5.53. The number of rotatable bonds is 3. The summed E-state index contributed by atoms with van der Waals surface area (Å²) in [6.45, 7) is 6.61. The molecule has 1 heterocycles. The fraction of sp³-hybridized carbons (Fsp3) is 0.500. The van der Waals surface area contributed by atoms with Crippen LogP contribution in [0.1, 0.15) is 36.2 Å². The van der Waals surface area contributed by atoms with E-state index in [9.17, 15) is 4.79 Å². The normalized spacial score (nSPS) is 26.2. The number of hydrazine groups is 1. The molecule has 1 amide bonds. The minimum Gasteiger partial charge on any atom is -0.376 e. The smallest absolute Gasteiger partial charge is 0.253 e. The van der Waals surface area contributed by atoms with Gasteiger partial charge in [0, 0.05) is 6.61 Å². The van der Waals surface area contributed by atoms with Crippen LogP contribution < -0.4 is 16.6 Å². The van der Waals surface area contributed by atoms with Crippen LogP contribution in [-0.2, 0) is 4.74 Å². The lowest BCUT2D eigenvalue weighted by molar-refractivity contribution is 0.0728. The molecule has 0 radical (unpaired) electrons. The van der Waals surface area contributed by atoms with Crippen molar-refractivity contribution in [2.45, 2.75) is 38.8 Å². The lowest BCUT2D eigenvalue weighted by Crippen LogP contribution is -2.50. The average molecular weight is 263 g/mol. The molecule has 5 heteroatoms. The van der Waals surface area contributed by atoms with Crippen LogP contribution in [0.15, 0.2) is 18.2 Å². The molecule has 104 valence electrons. The zero-order valence-electron chi connectivity index (χ0n) is 11.6. The summed E-state index contributed by atoms with van der Waals surface area (Å²) in [5, 5.41) is 3.06. The molecule has 1 aliphatic rings. The molecule has 0 bridgehead atoms. The highest BCUT2D eigenvalue weighted by molar-refractivity contribution is 6.00. The van der Waals surface area contributed by atoms with E-state index in [2.05, 4.69) is 10.7 Å². The minimum absolute atomic E-state index is 0.0104. The van der Waals surface area contributed by atoms with Crippen LogP contribution in [0.4, 0.5) is 5.69 Å². The van der Waals surface area contributed by atoms with Gasteiger partial charge in [-0.1, -0.05) is 6.07 Å². The van der Waals surface area contributed by atoms with Crippen molar-refractivity contribution in [1.82, 2.24) is 5.32 Å². The number of amides is 1. The average Bonchev–Trinajstić information content (AvgIpc) is 2.68. The number of aryl methyl sites for hydroxylation is 1. The standard InChI is InChI=1S/C14H21N3O2/c1-9-4-5-11(12(8-9)17-15)13(18)16-14(3)6-7-19-10(14)2/h4-5,8,10,17H,6-7,15H2,1-3H3,(H,16,18). The van der Waals surface area contributed by atoms with Crippen molar-refractivity contribution in [1.29, 1.82) is 0 Å². The van der Waals surface area contributed by atoms with Gasteiger partial charge >= 0.3 is 0 Å². The molecule has 2 rings (SSSR count). The Hall–Kier alpha value is -1.59. The van der Waals surface area contributed by atoms with Gasteiger partial charge in [0.2, 0.25) is 0 Å². The summed E-state index contributed by atoms with van der Waals surface area (Å²) in [5.41, 5.74) is 4.48. The first-order chi connectivity index (χ1) is 8.96. The lowest BCUT2D eigenvalue weighted by Gasteiger charge is -2.29. The molecule has 0 saturated carbocycles. The van der Waals surface area contributed by atoms with E-state index >= 15 is 0 Å². The van der Waals surface area contributed by atoms with E-state index in [-0.39, 0.29) is 17.6 Å². The largest absolute Gasteiger partial charge is 0.376 e. The zero-order chi connectivity index (χ0) is 14.0.